The summed E-state index contributed by atoms with van der Waals surface area (Å²) in [5.41, 5.74) is 2.66. The summed E-state index contributed by atoms with van der Waals surface area (Å²) in [5, 5.41) is 13.0. The van der Waals surface area contributed by atoms with Crippen LogP contribution in [0.25, 0.3) is 0 Å². The fourth-order valence-corrected chi connectivity index (χ4v) is 1.88. The van der Waals surface area contributed by atoms with Gasteiger partial charge in [0.1, 0.15) is 5.76 Å². The van der Waals surface area contributed by atoms with E-state index in [-0.39, 0.29) is 0 Å². The third-order valence-electron chi connectivity index (χ3n) is 2.69. The number of aryl methyl sites for hydroxylation is 1. The van der Waals surface area contributed by atoms with Gasteiger partial charge in [-0.05, 0) is 25.6 Å². The van der Waals surface area contributed by atoms with Crippen LogP contribution in [0.5, 0.6) is 0 Å². The topological polar surface area (TPSA) is 53.1 Å². The maximum Gasteiger partial charge on any atom is 0.133 e. The Hall–Kier alpha value is -2.12. The van der Waals surface area contributed by atoms with E-state index in [9.17, 15) is 0 Å². The van der Waals surface area contributed by atoms with Crippen LogP contribution in [-0.2, 0) is 13.1 Å². The van der Waals surface area contributed by atoms with Gasteiger partial charge in [-0.15, -0.1) is 0 Å². The predicted molar refractivity (Wildman–Crippen MR) is 67.6 cm³/mol. The minimum atomic E-state index is 0.705. The normalized spacial score (nSPS) is 10.6. The first-order valence-electron chi connectivity index (χ1n) is 5.78. The molecule has 0 fully saturated rings. The summed E-state index contributed by atoms with van der Waals surface area (Å²) in [4.78, 5) is 2.10. The molecule has 0 radical (unpaired) electrons. The highest BCUT2D eigenvalue weighted by Gasteiger charge is 2.08. The van der Waals surface area contributed by atoms with Gasteiger partial charge in [-0.2, -0.15) is 5.26 Å². The van der Waals surface area contributed by atoms with Crippen molar-refractivity contribution in [1.29, 1.82) is 5.26 Å². The highest BCUT2D eigenvalue weighted by molar-refractivity contribution is 5.37. The van der Waals surface area contributed by atoms with E-state index in [0.29, 0.717) is 6.54 Å². The number of nitrogens with zero attached hydrogens (tertiary/aromatic N) is 3. The molecule has 0 saturated heterocycles. The van der Waals surface area contributed by atoms with Crippen LogP contribution in [-0.4, -0.2) is 17.1 Å². The lowest BCUT2D eigenvalue weighted by Gasteiger charge is -2.15. The molecule has 0 amide bonds. The summed E-state index contributed by atoms with van der Waals surface area (Å²) >= 11 is 0. The van der Waals surface area contributed by atoms with Crippen molar-refractivity contribution in [2.45, 2.75) is 20.0 Å². The zero-order chi connectivity index (χ0) is 13.0. The van der Waals surface area contributed by atoms with E-state index >= 15 is 0 Å². The van der Waals surface area contributed by atoms with E-state index in [0.717, 1.165) is 29.1 Å². The fraction of sp³-hybridized carbons (Fsp3) is 0.286. The number of benzene rings is 1. The molecule has 0 aliphatic carbocycles. The maximum absolute atomic E-state index is 9.03. The molecule has 0 N–H and O–H groups in total. The second kappa shape index (κ2) is 5.48. The number of hydrogen-bond acceptors (Lipinski definition) is 4. The molecule has 4 heteroatoms. The summed E-state index contributed by atoms with van der Waals surface area (Å²) in [6.07, 6.45) is 0. The average molecular weight is 241 g/mol. The lowest BCUT2D eigenvalue weighted by Crippen LogP contribution is -2.18. The number of hydrogen-bond donors (Lipinski definition) is 0. The van der Waals surface area contributed by atoms with Crippen molar-refractivity contribution in [1.82, 2.24) is 10.1 Å². The van der Waals surface area contributed by atoms with Crippen molar-refractivity contribution in [2.24, 2.45) is 0 Å². The molecule has 2 aromatic rings. The molecule has 18 heavy (non-hydrogen) atoms. The summed E-state index contributed by atoms with van der Waals surface area (Å²) < 4.78 is 5.03. The molecule has 1 aromatic carbocycles. The van der Waals surface area contributed by atoms with Crippen molar-refractivity contribution >= 4 is 0 Å². The molecule has 0 unspecified atom stereocenters. The van der Waals surface area contributed by atoms with Gasteiger partial charge in [0.05, 0.1) is 17.3 Å². The molecular weight excluding hydrogens is 226 g/mol. The molecule has 0 aliphatic heterocycles. The van der Waals surface area contributed by atoms with Gasteiger partial charge in [0.25, 0.3) is 0 Å². The number of aromatic nitrogens is 1. The maximum atomic E-state index is 9.03. The van der Waals surface area contributed by atoms with E-state index in [2.05, 4.69) is 16.1 Å². The van der Waals surface area contributed by atoms with Gasteiger partial charge in [0.15, 0.2) is 0 Å². The zero-order valence-electron chi connectivity index (χ0n) is 10.6. The molecular formula is C14H15N3O. The zero-order valence-corrected chi connectivity index (χ0v) is 10.6. The lowest BCUT2D eigenvalue weighted by atomic mass is 10.1. The van der Waals surface area contributed by atoms with Gasteiger partial charge in [0, 0.05) is 19.2 Å². The van der Waals surface area contributed by atoms with Gasteiger partial charge in [-0.3, -0.25) is 4.90 Å². The molecule has 1 aromatic heterocycles. The van der Waals surface area contributed by atoms with Gasteiger partial charge in [-0.1, -0.05) is 23.4 Å². The minimum absolute atomic E-state index is 0.705. The van der Waals surface area contributed by atoms with Gasteiger partial charge in [0.2, 0.25) is 0 Å². The Morgan fingerprint density at radius 2 is 2.11 bits per heavy atom. The Kier molecular flexibility index (Phi) is 3.75. The SMILES string of the molecule is Cc1cc(CN(C)Cc2ccccc2C#N)no1. The van der Waals surface area contributed by atoms with Crippen LogP contribution in [0.15, 0.2) is 34.9 Å². The molecule has 0 saturated carbocycles. The number of rotatable bonds is 4. The Morgan fingerprint density at radius 3 is 2.78 bits per heavy atom. The van der Waals surface area contributed by atoms with Crippen molar-refractivity contribution in [2.75, 3.05) is 7.05 Å². The second-order valence-electron chi connectivity index (χ2n) is 4.37. The van der Waals surface area contributed by atoms with Gasteiger partial charge < -0.3 is 4.52 Å². The summed E-state index contributed by atoms with van der Waals surface area (Å²) in [6.45, 7) is 3.30. The molecule has 4 nitrogen and oxygen atoms in total. The van der Waals surface area contributed by atoms with Gasteiger partial charge in [-0.25, -0.2) is 0 Å². The predicted octanol–water partition coefficient (Wildman–Crippen LogP) is 2.49. The second-order valence-corrected chi connectivity index (χ2v) is 4.37. The van der Waals surface area contributed by atoms with Crippen molar-refractivity contribution in [3.05, 3.63) is 52.9 Å². The van der Waals surface area contributed by atoms with Crippen LogP contribution < -0.4 is 0 Å². The van der Waals surface area contributed by atoms with Crippen LogP contribution in [0, 0.1) is 18.3 Å². The summed E-state index contributed by atoms with van der Waals surface area (Å²) in [5.74, 6) is 0.816. The van der Waals surface area contributed by atoms with Crippen LogP contribution in [0.4, 0.5) is 0 Å². The van der Waals surface area contributed by atoms with Crippen LogP contribution in [0.1, 0.15) is 22.6 Å². The Balaban J connectivity index is 2.03. The molecule has 0 spiro atoms. The van der Waals surface area contributed by atoms with E-state index < -0.39 is 0 Å². The van der Waals surface area contributed by atoms with Gasteiger partial charge >= 0.3 is 0 Å². The Bertz CT molecular complexity index is 568. The van der Waals surface area contributed by atoms with E-state index in [1.165, 1.54) is 0 Å². The monoisotopic (exact) mass is 241 g/mol. The van der Waals surface area contributed by atoms with Crippen molar-refractivity contribution in [3.63, 3.8) is 0 Å². The van der Waals surface area contributed by atoms with E-state index in [1.54, 1.807) is 0 Å². The van der Waals surface area contributed by atoms with Crippen LogP contribution in [0.3, 0.4) is 0 Å². The van der Waals surface area contributed by atoms with Crippen molar-refractivity contribution < 1.29 is 4.52 Å². The summed E-state index contributed by atoms with van der Waals surface area (Å²) in [6, 6.07) is 11.8. The highest BCUT2D eigenvalue weighted by Crippen LogP contribution is 2.12. The third-order valence-corrected chi connectivity index (χ3v) is 2.69. The molecule has 1 heterocycles. The average Bonchev–Trinajstić information content (AvgIpc) is 2.75. The molecule has 92 valence electrons. The van der Waals surface area contributed by atoms with Crippen LogP contribution in [0.2, 0.25) is 0 Å². The number of nitriles is 1. The lowest BCUT2D eigenvalue weighted by molar-refractivity contribution is 0.302. The highest BCUT2D eigenvalue weighted by atomic mass is 16.5. The molecule has 2 rings (SSSR count). The third kappa shape index (κ3) is 2.96. The first-order chi connectivity index (χ1) is 8.69. The summed E-state index contributed by atoms with van der Waals surface area (Å²) in [7, 11) is 2.00. The molecule has 0 aliphatic rings. The smallest absolute Gasteiger partial charge is 0.133 e. The quantitative estimate of drug-likeness (QED) is 0.825. The standard InChI is InChI=1S/C14H15N3O/c1-11-7-14(16-18-11)10-17(2)9-13-6-4-3-5-12(13)8-15/h3-7H,9-10H2,1-2H3. The fourth-order valence-electron chi connectivity index (χ4n) is 1.88. The molecule has 0 atom stereocenters. The molecule has 0 bridgehead atoms. The first-order valence-corrected chi connectivity index (χ1v) is 5.78. The Labute approximate surface area is 106 Å². The van der Waals surface area contributed by atoms with E-state index in [4.69, 9.17) is 9.78 Å². The largest absolute Gasteiger partial charge is 0.361 e. The first kappa shape index (κ1) is 12.3. The van der Waals surface area contributed by atoms with Crippen LogP contribution >= 0.6 is 0 Å². The minimum Gasteiger partial charge on any atom is -0.361 e. The van der Waals surface area contributed by atoms with E-state index in [1.807, 2.05) is 44.3 Å². The van der Waals surface area contributed by atoms with Crippen molar-refractivity contribution in [3.8, 4) is 6.07 Å². The Morgan fingerprint density at radius 1 is 1.33 bits per heavy atom.